The Morgan fingerprint density at radius 1 is 1.12 bits per heavy atom. The summed E-state index contributed by atoms with van der Waals surface area (Å²) >= 11 is 1.41. The first-order valence-electron chi connectivity index (χ1n) is 8.88. The zero-order chi connectivity index (χ0) is 17.6. The Morgan fingerprint density at radius 3 is 2.42 bits per heavy atom. The number of nitrogens with one attached hydrogen (secondary N) is 1. The third-order valence-corrected chi connectivity index (χ3v) is 5.60. The van der Waals surface area contributed by atoms with Gasteiger partial charge in [0.1, 0.15) is 0 Å². The van der Waals surface area contributed by atoms with E-state index in [-0.39, 0.29) is 24.1 Å². The molecule has 1 saturated heterocycles. The number of thiophene rings is 1. The molecule has 1 aliphatic rings. The van der Waals surface area contributed by atoms with E-state index in [1.807, 2.05) is 28.5 Å². The third-order valence-electron chi connectivity index (χ3n) is 4.73. The van der Waals surface area contributed by atoms with Gasteiger partial charge in [0.25, 0.3) is 5.91 Å². The lowest BCUT2D eigenvalue weighted by Gasteiger charge is -2.32. The van der Waals surface area contributed by atoms with Crippen molar-refractivity contribution >= 4 is 35.4 Å². The van der Waals surface area contributed by atoms with Crippen LogP contribution < -0.4 is 5.32 Å². The van der Waals surface area contributed by atoms with Crippen molar-refractivity contribution in [2.45, 2.75) is 19.8 Å². The maximum atomic E-state index is 13.0. The first-order chi connectivity index (χ1) is 12.2. The van der Waals surface area contributed by atoms with Gasteiger partial charge < -0.3 is 10.2 Å². The zero-order valence-electron chi connectivity index (χ0n) is 14.9. The fourth-order valence-corrected chi connectivity index (χ4v) is 3.94. The highest BCUT2D eigenvalue weighted by atomic mass is 35.5. The maximum Gasteiger partial charge on any atom is 0.254 e. The minimum Gasteiger partial charge on any atom is -0.339 e. The summed E-state index contributed by atoms with van der Waals surface area (Å²) in [6, 6.07) is 10.8. The molecule has 1 N–H and O–H groups in total. The van der Waals surface area contributed by atoms with Crippen LogP contribution in [0.3, 0.4) is 0 Å². The summed E-state index contributed by atoms with van der Waals surface area (Å²) in [6.07, 6.45) is 2.03. The van der Waals surface area contributed by atoms with Gasteiger partial charge in [0.05, 0.1) is 10.4 Å². The van der Waals surface area contributed by atoms with Gasteiger partial charge in [-0.25, -0.2) is 0 Å². The van der Waals surface area contributed by atoms with Crippen molar-refractivity contribution in [3.05, 3.63) is 57.8 Å². The monoisotopic (exact) mass is 392 g/mol. The fraction of sp³-hybridized carbons (Fsp3) is 0.400. The van der Waals surface area contributed by atoms with Crippen molar-refractivity contribution in [1.29, 1.82) is 0 Å². The number of piperidine rings is 1. The summed E-state index contributed by atoms with van der Waals surface area (Å²) < 4.78 is 0. The van der Waals surface area contributed by atoms with Crippen LogP contribution in [0.4, 0.5) is 0 Å². The lowest BCUT2D eigenvalue weighted by atomic mass is 9.95. The molecule has 4 nitrogen and oxygen atoms in total. The van der Waals surface area contributed by atoms with E-state index in [4.69, 9.17) is 0 Å². The van der Waals surface area contributed by atoms with Crippen molar-refractivity contribution in [3.63, 3.8) is 0 Å². The Labute approximate surface area is 165 Å². The molecule has 1 aromatic heterocycles. The Hall–Kier alpha value is -1.69. The number of ketones is 1. The molecule has 26 heavy (non-hydrogen) atoms. The molecule has 140 valence electrons. The van der Waals surface area contributed by atoms with E-state index in [1.165, 1.54) is 11.3 Å². The van der Waals surface area contributed by atoms with Gasteiger partial charge in [-0.05, 0) is 49.4 Å². The number of nitrogens with zero attached hydrogens (tertiary/aromatic N) is 1. The zero-order valence-corrected chi connectivity index (χ0v) is 16.6. The van der Waals surface area contributed by atoms with Crippen molar-refractivity contribution in [2.24, 2.45) is 5.92 Å². The molecule has 0 unspecified atom stereocenters. The van der Waals surface area contributed by atoms with Crippen molar-refractivity contribution in [2.75, 3.05) is 26.2 Å². The van der Waals surface area contributed by atoms with Crippen LogP contribution in [0.5, 0.6) is 0 Å². The second-order valence-electron chi connectivity index (χ2n) is 6.40. The van der Waals surface area contributed by atoms with Crippen LogP contribution in [0.25, 0.3) is 0 Å². The van der Waals surface area contributed by atoms with Crippen LogP contribution in [-0.4, -0.2) is 42.8 Å². The van der Waals surface area contributed by atoms with Gasteiger partial charge in [-0.2, -0.15) is 0 Å². The largest absolute Gasteiger partial charge is 0.339 e. The summed E-state index contributed by atoms with van der Waals surface area (Å²) in [5.41, 5.74) is 1.02. The summed E-state index contributed by atoms with van der Waals surface area (Å²) in [5, 5.41) is 5.27. The van der Waals surface area contributed by atoms with E-state index in [0.29, 0.717) is 21.9 Å². The van der Waals surface area contributed by atoms with Crippen molar-refractivity contribution in [1.82, 2.24) is 10.2 Å². The highest BCUT2D eigenvalue weighted by molar-refractivity contribution is 7.12. The van der Waals surface area contributed by atoms with Crippen LogP contribution in [0.2, 0.25) is 0 Å². The van der Waals surface area contributed by atoms with Crippen molar-refractivity contribution in [3.8, 4) is 0 Å². The highest BCUT2D eigenvalue weighted by Gasteiger charge is 2.26. The van der Waals surface area contributed by atoms with Crippen LogP contribution in [0, 0.1) is 5.92 Å². The molecule has 0 aliphatic carbocycles. The highest BCUT2D eigenvalue weighted by Crippen LogP contribution is 2.22. The molecule has 0 saturated carbocycles. The molecule has 1 amide bonds. The average Bonchev–Trinajstić information content (AvgIpc) is 3.20. The van der Waals surface area contributed by atoms with E-state index < -0.39 is 0 Å². The number of hydrogen-bond donors (Lipinski definition) is 1. The number of carbonyl (C=O) groups excluding carboxylic acids is 2. The van der Waals surface area contributed by atoms with Gasteiger partial charge in [0, 0.05) is 18.7 Å². The normalized spacial score (nSPS) is 14.7. The molecular weight excluding hydrogens is 368 g/mol. The van der Waals surface area contributed by atoms with Gasteiger partial charge >= 0.3 is 0 Å². The van der Waals surface area contributed by atoms with Crippen LogP contribution >= 0.6 is 23.7 Å². The van der Waals surface area contributed by atoms with Gasteiger partial charge in [0.2, 0.25) is 5.78 Å². The molecule has 0 spiro atoms. The number of carbonyl (C=O) groups is 2. The molecule has 3 rings (SSSR count). The van der Waals surface area contributed by atoms with E-state index in [1.54, 1.807) is 18.2 Å². The van der Waals surface area contributed by atoms with Gasteiger partial charge in [-0.3, -0.25) is 9.59 Å². The second-order valence-corrected chi connectivity index (χ2v) is 7.34. The average molecular weight is 393 g/mol. The molecule has 2 heterocycles. The fourth-order valence-electron chi connectivity index (χ4n) is 3.27. The lowest BCUT2D eigenvalue weighted by Crippen LogP contribution is -2.41. The van der Waals surface area contributed by atoms with E-state index >= 15 is 0 Å². The second kappa shape index (κ2) is 9.86. The first kappa shape index (κ1) is 20.6. The molecule has 1 aromatic carbocycles. The smallest absolute Gasteiger partial charge is 0.254 e. The number of benzene rings is 1. The van der Waals surface area contributed by atoms with E-state index in [0.717, 1.165) is 39.0 Å². The Bertz CT molecular complexity index is 725. The predicted molar refractivity (Wildman–Crippen MR) is 109 cm³/mol. The SMILES string of the molecule is CCNCC1CCN(C(=O)c2ccccc2C(=O)c2cccs2)CC1.Cl. The number of rotatable bonds is 6. The summed E-state index contributed by atoms with van der Waals surface area (Å²) in [5.74, 6) is 0.537. The molecule has 1 aliphatic heterocycles. The number of amides is 1. The predicted octanol–water partition coefficient (Wildman–Crippen LogP) is 3.86. The van der Waals surface area contributed by atoms with Crippen LogP contribution in [0.15, 0.2) is 41.8 Å². The Morgan fingerprint density at radius 2 is 1.81 bits per heavy atom. The lowest BCUT2D eigenvalue weighted by molar-refractivity contribution is 0.0687. The molecule has 0 radical (unpaired) electrons. The molecule has 1 fully saturated rings. The van der Waals surface area contributed by atoms with Gasteiger partial charge in [-0.15, -0.1) is 23.7 Å². The minimum absolute atomic E-state index is 0. The summed E-state index contributed by atoms with van der Waals surface area (Å²) in [6.45, 7) is 5.64. The molecule has 6 heteroatoms. The van der Waals surface area contributed by atoms with E-state index in [2.05, 4.69) is 12.2 Å². The third kappa shape index (κ3) is 4.72. The Balaban J connectivity index is 0.00000243. The molecule has 2 aromatic rings. The summed E-state index contributed by atoms with van der Waals surface area (Å²) in [4.78, 5) is 28.3. The van der Waals surface area contributed by atoms with Crippen LogP contribution in [0.1, 0.15) is 45.4 Å². The van der Waals surface area contributed by atoms with Crippen molar-refractivity contribution < 1.29 is 9.59 Å². The topological polar surface area (TPSA) is 49.4 Å². The molecule has 0 bridgehead atoms. The minimum atomic E-state index is -0.0685. The number of hydrogen-bond acceptors (Lipinski definition) is 4. The van der Waals surface area contributed by atoms with E-state index in [9.17, 15) is 9.59 Å². The standard InChI is InChI=1S/C20H24N2O2S.ClH/c1-2-21-14-15-9-11-22(12-10-15)20(24)17-7-4-3-6-16(17)19(23)18-8-5-13-25-18;/h3-8,13,15,21H,2,9-12,14H2,1H3;1H. The summed E-state index contributed by atoms with van der Waals surface area (Å²) in [7, 11) is 0. The van der Waals surface area contributed by atoms with Gasteiger partial charge in [-0.1, -0.05) is 31.2 Å². The first-order valence-corrected chi connectivity index (χ1v) is 9.76. The van der Waals surface area contributed by atoms with Gasteiger partial charge in [0.15, 0.2) is 0 Å². The number of likely N-dealkylation sites (tertiary alicyclic amines) is 1. The maximum absolute atomic E-state index is 13.0. The van der Waals surface area contributed by atoms with Crippen LogP contribution in [-0.2, 0) is 0 Å². The molecule has 0 atom stereocenters. The number of halogens is 1. The Kier molecular flexibility index (Phi) is 7.82. The molecular formula is C20H25ClN2O2S. The quantitative estimate of drug-likeness (QED) is 0.759.